The Kier molecular flexibility index (Phi) is 6.40. The Balaban J connectivity index is 1.82. The third kappa shape index (κ3) is 4.15. The van der Waals surface area contributed by atoms with Crippen LogP contribution in [0.25, 0.3) is 0 Å². The number of carbonyl (C=O) groups is 2. The third-order valence-corrected chi connectivity index (χ3v) is 4.95. The fourth-order valence-corrected chi connectivity index (χ4v) is 3.29. The first-order chi connectivity index (χ1) is 14.4. The first-order valence-corrected chi connectivity index (χ1v) is 9.98. The molecule has 3 amide bonds. The van der Waals surface area contributed by atoms with E-state index in [1.54, 1.807) is 25.3 Å². The minimum atomic E-state index is -1.11. The summed E-state index contributed by atoms with van der Waals surface area (Å²) < 4.78 is 11.1. The highest BCUT2D eigenvalue weighted by atomic mass is 16.5. The van der Waals surface area contributed by atoms with Gasteiger partial charge in [-0.2, -0.15) is 5.10 Å². The molecule has 7 nitrogen and oxygen atoms in total. The lowest BCUT2D eigenvalue weighted by molar-refractivity contribution is -0.131. The summed E-state index contributed by atoms with van der Waals surface area (Å²) in [5.41, 5.74) is 0.303. The molecule has 1 aliphatic heterocycles. The lowest BCUT2D eigenvalue weighted by Crippen LogP contribution is -2.43. The minimum absolute atomic E-state index is 0.388. The second-order valence-corrected chi connectivity index (χ2v) is 7.53. The maximum atomic E-state index is 13.1. The maximum Gasteiger partial charge on any atom is 0.346 e. The van der Waals surface area contributed by atoms with E-state index in [9.17, 15) is 9.59 Å². The molecule has 2 aromatic rings. The molecule has 0 saturated carbocycles. The number of nitrogens with zero attached hydrogens (tertiary/aromatic N) is 2. The first-order valence-electron chi connectivity index (χ1n) is 9.98. The molecular formula is C23H27N3O4. The van der Waals surface area contributed by atoms with E-state index in [4.69, 9.17) is 9.47 Å². The van der Waals surface area contributed by atoms with E-state index in [1.807, 2.05) is 37.3 Å². The predicted molar refractivity (Wildman–Crippen MR) is 115 cm³/mol. The Hall–Kier alpha value is -3.35. The molecule has 0 bridgehead atoms. The van der Waals surface area contributed by atoms with E-state index in [1.165, 1.54) is 6.21 Å². The van der Waals surface area contributed by atoms with Crippen molar-refractivity contribution >= 4 is 18.2 Å². The van der Waals surface area contributed by atoms with Gasteiger partial charge in [-0.15, -0.1) is 5.01 Å². The molecule has 0 spiro atoms. The van der Waals surface area contributed by atoms with Crippen LogP contribution in [-0.4, -0.2) is 36.9 Å². The van der Waals surface area contributed by atoms with Crippen molar-refractivity contribution in [2.24, 2.45) is 11.0 Å². The van der Waals surface area contributed by atoms with Crippen LogP contribution in [0, 0.1) is 5.92 Å². The molecule has 1 heterocycles. The van der Waals surface area contributed by atoms with E-state index in [0.29, 0.717) is 36.0 Å². The monoisotopic (exact) mass is 409 g/mol. The summed E-state index contributed by atoms with van der Waals surface area (Å²) in [6.45, 7) is 6.57. The number of benzene rings is 2. The van der Waals surface area contributed by atoms with Gasteiger partial charge in [-0.25, -0.2) is 4.79 Å². The number of ether oxygens (including phenoxy) is 2. The Morgan fingerprint density at radius 3 is 2.50 bits per heavy atom. The summed E-state index contributed by atoms with van der Waals surface area (Å²) >= 11 is 0. The largest absolute Gasteiger partial charge is 0.493 e. The van der Waals surface area contributed by atoms with Gasteiger partial charge in [0, 0.05) is 0 Å². The first kappa shape index (κ1) is 21.4. The standard InChI is InChI=1S/C23H27N3O4/c1-5-23(18-9-7-6-8-10-18)21(27)26(22(28)25-23)24-14-17-11-12-19(20(13-17)29-4)30-15-16(2)3/h6-14,16H,5,15H2,1-4H3,(H,25,28)/b24-14-/t23-/m1/s1. The summed E-state index contributed by atoms with van der Waals surface area (Å²) in [5.74, 6) is 1.18. The van der Waals surface area contributed by atoms with Crippen molar-refractivity contribution < 1.29 is 19.1 Å². The van der Waals surface area contributed by atoms with E-state index in [0.717, 1.165) is 10.6 Å². The zero-order chi connectivity index (χ0) is 21.7. The Morgan fingerprint density at radius 2 is 1.87 bits per heavy atom. The van der Waals surface area contributed by atoms with E-state index >= 15 is 0 Å². The van der Waals surface area contributed by atoms with E-state index in [-0.39, 0.29) is 0 Å². The predicted octanol–water partition coefficient (Wildman–Crippen LogP) is 3.92. The van der Waals surface area contributed by atoms with Crippen molar-refractivity contribution in [1.29, 1.82) is 0 Å². The number of hydrogen-bond acceptors (Lipinski definition) is 5. The Morgan fingerprint density at radius 1 is 1.13 bits per heavy atom. The minimum Gasteiger partial charge on any atom is -0.493 e. The number of imide groups is 1. The molecule has 1 fully saturated rings. The molecule has 30 heavy (non-hydrogen) atoms. The highest BCUT2D eigenvalue weighted by Crippen LogP contribution is 2.33. The summed E-state index contributed by atoms with van der Waals surface area (Å²) in [7, 11) is 1.56. The van der Waals surface area contributed by atoms with Crippen LogP contribution in [0.1, 0.15) is 38.3 Å². The number of carbonyl (C=O) groups excluding carboxylic acids is 2. The third-order valence-electron chi connectivity index (χ3n) is 4.95. The van der Waals surface area contributed by atoms with Crippen molar-refractivity contribution in [1.82, 2.24) is 10.3 Å². The number of hydrazone groups is 1. The van der Waals surface area contributed by atoms with Crippen molar-refractivity contribution in [2.75, 3.05) is 13.7 Å². The van der Waals surface area contributed by atoms with Crippen LogP contribution in [0.2, 0.25) is 0 Å². The van der Waals surface area contributed by atoms with E-state index in [2.05, 4.69) is 24.3 Å². The van der Waals surface area contributed by atoms with Gasteiger partial charge in [-0.05, 0) is 41.7 Å². The molecule has 0 radical (unpaired) electrons. The van der Waals surface area contributed by atoms with Crippen molar-refractivity contribution in [3.05, 3.63) is 59.7 Å². The van der Waals surface area contributed by atoms with Gasteiger partial charge in [-0.3, -0.25) is 4.79 Å². The average Bonchev–Trinajstić information content (AvgIpc) is 3.01. The molecule has 1 aliphatic rings. The quantitative estimate of drug-likeness (QED) is 0.529. The highest BCUT2D eigenvalue weighted by Gasteiger charge is 2.51. The molecule has 3 rings (SSSR count). The van der Waals surface area contributed by atoms with E-state index < -0.39 is 17.5 Å². The van der Waals surface area contributed by atoms with Gasteiger partial charge in [0.15, 0.2) is 11.5 Å². The summed E-state index contributed by atoms with van der Waals surface area (Å²) in [6.07, 6.45) is 1.88. The summed E-state index contributed by atoms with van der Waals surface area (Å²) in [4.78, 5) is 25.6. The average molecular weight is 409 g/mol. The zero-order valence-corrected chi connectivity index (χ0v) is 17.7. The second kappa shape index (κ2) is 8.98. The van der Waals surface area contributed by atoms with Crippen LogP contribution in [0.3, 0.4) is 0 Å². The van der Waals surface area contributed by atoms with Crippen LogP contribution in [0.15, 0.2) is 53.6 Å². The molecule has 0 unspecified atom stereocenters. The molecule has 2 aromatic carbocycles. The van der Waals surface area contributed by atoms with Crippen LogP contribution < -0.4 is 14.8 Å². The van der Waals surface area contributed by atoms with Gasteiger partial charge in [0.1, 0.15) is 5.54 Å². The lowest BCUT2D eigenvalue weighted by Gasteiger charge is -2.24. The Bertz CT molecular complexity index is 943. The van der Waals surface area contributed by atoms with Crippen LogP contribution in [-0.2, 0) is 10.3 Å². The van der Waals surface area contributed by atoms with Crippen LogP contribution in [0.4, 0.5) is 4.79 Å². The van der Waals surface area contributed by atoms with Crippen molar-refractivity contribution in [3.8, 4) is 11.5 Å². The number of rotatable bonds is 8. The van der Waals surface area contributed by atoms with Gasteiger partial charge in [0.2, 0.25) is 0 Å². The fourth-order valence-electron chi connectivity index (χ4n) is 3.29. The maximum absolute atomic E-state index is 13.1. The van der Waals surface area contributed by atoms with Crippen LogP contribution in [0.5, 0.6) is 11.5 Å². The van der Waals surface area contributed by atoms with Gasteiger partial charge in [0.25, 0.3) is 5.91 Å². The fraction of sp³-hybridized carbons (Fsp3) is 0.348. The SMILES string of the molecule is CC[C@]1(c2ccccc2)NC(=O)N(/N=C\c2ccc(OCC(C)C)c(OC)c2)C1=O. The molecule has 1 atom stereocenters. The topological polar surface area (TPSA) is 80.2 Å². The van der Waals surface area contributed by atoms with Crippen molar-refractivity contribution in [3.63, 3.8) is 0 Å². The number of amides is 3. The zero-order valence-electron chi connectivity index (χ0n) is 17.7. The number of methoxy groups -OCH3 is 1. The van der Waals surface area contributed by atoms with Crippen molar-refractivity contribution in [2.45, 2.75) is 32.7 Å². The van der Waals surface area contributed by atoms with Gasteiger partial charge in [0.05, 0.1) is 19.9 Å². The smallest absolute Gasteiger partial charge is 0.346 e. The molecule has 1 saturated heterocycles. The summed E-state index contributed by atoms with van der Waals surface area (Å²) in [5, 5.41) is 7.84. The molecule has 1 N–H and O–H groups in total. The molecule has 158 valence electrons. The number of nitrogens with one attached hydrogen (secondary N) is 1. The second-order valence-electron chi connectivity index (χ2n) is 7.53. The number of hydrogen-bond donors (Lipinski definition) is 1. The lowest BCUT2D eigenvalue weighted by atomic mass is 9.87. The van der Waals surface area contributed by atoms with Gasteiger partial charge >= 0.3 is 6.03 Å². The molecule has 0 aliphatic carbocycles. The molecular weight excluding hydrogens is 382 g/mol. The molecule has 0 aromatic heterocycles. The molecule has 7 heteroatoms. The van der Waals surface area contributed by atoms with Gasteiger partial charge < -0.3 is 14.8 Å². The Labute approximate surface area is 176 Å². The highest BCUT2D eigenvalue weighted by molar-refractivity contribution is 6.07. The van der Waals surface area contributed by atoms with Gasteiger partial charge in [-0.1, -0.05) is 51.1 Å². The summed E-state index contributed by atoms with van der Waals surface area (Å²) in [6, 6.07) is 14.0. The normalized spacial score (nSPS) is 18.9. The van der Waals surface area contributed by atoms with Crippen LogP contribution >= 0.6 is 0 Å². The number of urea groups is 1.